The number of nitrogens with zero attached hydrogens (tertiary/aromatic N) is 1. The zero-order valence-electron chi connectivity index (χ0n) is 15.4. The zero-order valence-corrected chi connectivity index (χ0v) is 15.4. The van der Waals surface area contributed by atoms with Crippen LogP contribution in [-0.4, -0.2) is 47.5 Å². The van der Waals surface area contributed by atoms with Crippen molar-refractivity contribution in [1.29, 1.82) is 0 Å². The Morgan fingerprint density at radius 2 is 1.67 bits per heavy atom. The molecule has 0 aliphatic carbocycles. The van der Waals surface area contributed by atoms with Crippen molar-refractivity contribution in [2.75, 3.05) is 18.9 Å². The van der Waals surface area contributed by atoms with Gasteiger partial charge in [-0.2, -0.15) is 0 Å². The quantitative estimate of drug-likeness (QED) is 0.761. The predicted octanol–water partition coefficient (Wildman–Crippen LogP) is 2.34. The van der Waals surface area contributed by atoms with Crippen LogP contribution in [0.4, 0.5) is 5.69 Å². The van der Waals surface area contributed by atoms with Crippen molar-refractivity contribution in [3.05, 3.63) is 59.7 Å². The Kier molecular flexibility index (Phi) is 6.54. The molecule has 0 radical (unpaired) electrons. The Morgan fingerprint density at radius 3 is 2.26 bits per heavy atom. The molecule has 0 aliphatic rings. The van der Waals surface area contributed by atoms with Crippen LogP contribution in [-0.2, 0) is 14.3 Å². The van der Waals surface area contributed by atoms with E-state index in [4.69, 9.17) is 4.74 Å². The van der Waals surface area contributed by atoms with Gasteiger partial charge >= 0.3 is 5.97 Å². The summed E-state index contributed by atoms with van der Waals surface area (Å²) in [4.78, 5) is 37.6. The van der Waals surface area contributed by atoms with E-state index in [1.54, 1.807) is 12.1 Å². The van der Waals surface area contributed by atoms with Crippen LogP contribution >= 0.6 is 0 Å². The topological polar surface area (TPSA) is 95.9 Å². The molecule has 0 bridgehead atoms. The summed E-state index contributed by atoms with van der Waals surface area (Å²) in [6.45, 7) is 3.21. The molecule has 2 rings (SSSR count). The van der Waals surface area contributed by atoms with Gasteiger partial charge in [-0.05, 0) is 50.2 Å². The Bertz CT molecular complexity index is 815. The second-order valence-corrected chi connectivity index (χ2v) is 6.20. The highest BCUT2D eigenvalue weighted by Gasteiger charge is 2.23. The molecule has 7 nitrogen and oxygen atoms in total. The van der Waals surface area contributed by atoms with Gasteiger partial charge in [0.05, 0.1) is 12.1 Å². The molecule has 0 heterocycles. The number of phenols is 1. The van der Waals surface area contributed by atoms with E-state index in [0.717, 1.165) is 5.56 Å². The number of likely N-dealkylation sites (N-methyl/N-ethyl adjacent to an activating group) is 1. The Hall–Kier alpha value is -3.35. The summed E-state index contributed by atoms with van der Waals surface area (Å²) in [6, 6.07) is 12.8. The number of anilines is 1. The molecule has 0 saturated carbocycles. The van der Waals surface area contributed by atoms with E-state index in [1.165, 1.54) is 43.1 Å². The van der Waals surface area contributed by atoms with E-state index in [9.17, 15) is 19.5 Å². The molecule has 0 unspecified atom stereocenters. The molecular weight excluding hydrogens is 348 g/mol. The lowest BCUT2D eigenvalue weighted by atomic mass is 10.2. The van der Waals surface area contributed by atoms with E-state index < -0.39 is 18.0 Å². The summed E-state index contributed by atoms with van der Waals surface area (Å²) in [5, 5.41) is 11.9. The minimum absolute atomic E-state index is 0.0231. The van der Waals surface area contributed by atoms with Gasteiger partial charge in [-0.25, -0.2) is 4.79 Å². The molecule has 27 heavy (non-hydrogen) atoms. The van der Waals surface area contributed by atoms with E-state index in [1.807, 2.05) is 19.1 Å². The number of benzene rings is 2. The lowest BCUT2D eigenvalue weighted by Gasteiger charge is -2.21. The van der Waals surface area contributed by atoms with Gasteiger partial charge in [-0.15, -0.1) is 0 Å². The molecular formula is C20H22N2O5. The molecule has 0 spiro atoms. The number of rotatable bonds is 6. The third-order valence-corrected chi connectivity index (χ3v) is 3.83. The van der Waals surface area contributed by atoms with Crippen LogP contribution in [0, 0.1) is 6.92 Å². The van der Waals surface area contributed by atoms with E-state index in [2.05, 4.69) is 5.32 Å². The fourth-order valence-corrected chi connectivity index (χ4v) is 2.32. The minimum atomic E-state index is -1.05. The molecule has 2 N–H and O–H groups in total. The number of aromatic hydroxyl groups is 1. The molecule has 2 aromatic rings. The molecule has 0 saturated heterocycles. The van der Waals surface area contributed by atoms with Crippen LogP contribution in [0.1, 0.15) is 22.8 Å². The number of amides is 2. The van der Waals surface area contributed by atoms with Crippen molar-refractivity contribution < 1.29 is 24.2 Å². The van der Waals surface area contributed by atoms with Gasteiger partial charge in [0.25, 0.3) is 5.91 Å². The number of hydrogen-bond donors (Lipinski definition) is 2. The third-order valence-electron chi connectivity index (χ3n) is 3.83. The Morgan fingerprint density at radius 1 is 1.07 bits per heavy atom. The fourth-order valence-electron chi connectivity index (χ4n) is 2.32. The largest absolute Gasteiger partial charge is 0.508 e. The molecule has 1 atom stereocenters. The Balaban J connectivity index is 1.87. The smallest absolute Gasteiger partial charge is 0.338 e. The maximum Gasteiger partial charge on any atom is 0.338 e. The van der Waals surface area contributed by atoms with Crippen LogP contribution in [0.5, 0.6) is 5.75 Å². The highest BCUT2D eigenvalue weighted by Crippen LogP contribution is 2.12. The van der Waals surface area contributed by atoms with Gasteiger partial charge in [0, 0.05) is 12.7 Å². The Labute approximate surface area is 157 Å². The standard InChI is InChI=1S/C20H22N2O5/c1-13-4-8-16(9-5-13)21-18(24)12-22(3)19(25)14(2)27-20(26)15-6-10-17(23)11-7-15/h4-11,14,23H,12H2,1-3H3,(H,21,24)/t14-/m0/s1. The average molecular weight is 370 g/mol. The second-order valence-electron chi connectivity index (χ2n) is 6.20. The molecule has 2 aromatic carbocycles. The van der Waals surface area contributed by atoms with E-state index in [0.29, 0.717) is 5.69 Å². The van der Waals surface area contributed by atoms with Crippen molar-refractivity contribution in [2.24, 2.45) is 0 Å². The van der Waals surface area contributed by atoms with Gasteiger partial charge in [0.1, 0.15) is 5.75 Å². The van der Waals surface area contributed by atoms with Gasteiger partial charge in [-0.1, -0.05) is 17.7 Å². The van der Waals surface area contributed by atoms with Crippen LogP contribution in [0.15, 0.2) is 48.5 Å². The predicted molar refractivity (Wildman–Crippen MR) is 100 cm³/mol. The van der Waals surface area contributed by atoms with Crippen LogP contribution in [0.3, 0.4) is 0 Å². The summed E-state index contributed by atoms with van der Waals surface area (Å²) in [7, 11) is 1.46. The number of phenolic OH excluding ortho intramolecular Hbond substituents is 1. The zero-order chi connectivity index (χ0) is 20.0. The van der Waals surface area contributed by atoms with Crippen molar-refractivity contribution >= 4 is 23.5 Å². The number of carbonyl (C=O) groups is 3. The fraction of sp³-hybridized carbons (Fsp3) is 0.250. The number of ether oxygens (including phenoxy) is 1. The van der Waals surface area contributed by atoms with Crippen molar-refractivity contribution in [2.45, 2.75) is 20.0 Å². The number of aryl methyl sites for hydroxylation is 1. The summed E-state index contributed by atoms with van der Waals surface area (Å²) in [5.74, 6) is -1.52. The number of carbonyl (C=O) groups excluding carboxylic acids is 3. The maximum atomic E-state index is 12.3. The van der Waals surface area contributed by atoms with Crippen LogP contribution in [0.2, 0.25) is 0 Å². The summed E-state index contributed by atoms with van der Waals surface area (Å²) in [5.41, 5.74) is 1.93. The number of hydrogen-bond acceptors (Lipinski definition) is 5. The average Bonchev–Trinajstić information content (AvgIpc) is 2.63. The van der Waals surface area contributed by atoms with Crippen molar-refractivity contribution in [3.63, 3.8) is 0 Å². The number of esters is 1. The summed E-state index contributed by atoms with van der Waals surface area (Å²) < 4.78 is 5.13. The molecule has 142 valence electrons. The molecule has 0 aliphatic heterocycles. The van der Waals surface area contributed by atoms with Crippen LogP contribution in [0.25, 0.3) is 0 Å². The summed E-state index contributed by atoms with van der Waals surface area (Å²) >= 11 is 0. The lowest BCUT2D eigenvalue weighted by Crippen LogP contribution is -2.41. The molecule has 0 aromatic heterocycles. The first-order valence-corrected chi connectivity index (χ1v) is 8.38. The monoisotopic (exact) mass is 370 g/mol. The SMILES string of the molecule is Cc1ccc(NC(=O)CN(C)C(=O)[C@H](C)OC(=O)c2ccc(O)cc2)cc1. The van der Waals surface area contributed by atoms with Gasteiger partial charge < -0.3 is 20.1 Å². The first kappa shape index (κ1) is 20.0. The first-order chi connectivity index (χ1) is 12.8. The van der Waals surface area contributed by atoms with Gasteiger partial charge in [0.15, 0.2) is 6.10 Å². The van der Waals surface area contributed by atoms with Crippen LogP contribution < -0.4 is 5.32 Å². The highest BCUT2D eigenvalue weighted by molar-refractivity contribution is 5.96. The third kappa shape index (κ3) is 5.85. The van der Waals surface area contributed by atoms with Crippen molar-refractivity contribution in [3.8, 4) is 5.75 Å². The normalized spacial score (nSPS) is 11.4. The molecule has 0 fully saturated rings. The second kappa shape index (κ2) is 8.84. The lowest BCUT2D eigenvalue weighted by molar-refractivity contribution is -0.140. The molecule has 2 amide bonds. The van der Waals surface area contributed by atoms with Gasteiger partial charge in [0.2, 0.25) is 5.91 Å². The summed E-state index contributed by atoms with van der Waals surface area (Å²) in [6.07, 6.45) is -1.05. The van der Waals surface area contributed by atoms with E-state index >= 15 is 0 Å². The number of nitrogens with one attached hydrogen (secondary N) is 1. The van der Waals surface area contributed by atoms with E-state index in [-0.39, 0.29) is 23.8 Å². The molecule has 7 heteroatoms. The van der Waals surface area contributed by atoms with Crippen molar-refractivity contribution in [1.82, 2.24) is 4.90 Å². The first-order valence-electron chi connectivity index (χ1n) is 8.38. The highest BCUT2D eigenvalue weighted by atomic mass is 16.5. The maximum absolute atomic E-state index is 12.3. The minimum Gasteiger partial charge on any atom is -0.508 e. The van der Waals surface area contributed by atoms with Gasteiger partial charge in [-0.3, -0.25) is 9.59 Å².